The number of likely N-dealkylation sites (tertiary alicyclic amines) is 1. The maximum absolute atomic E-state index is 13.8. The Bertz CT molecular complexity index is 1110. The predicted octanol–water partition coefficient (Wildman–Crippen LogP) is 3.24. The van der Waals surface area contributed by atoms with Crippen molar-refractivity contribution in [2.24, 2.45) is 5.16 Å². The van der Waals surface area contributed by atoms with E-state index in [2.05, 4.69) is 10.5 Å². The highest BCUT2D eigenvalue weighted by Gasteiger charge is 2.40. The van der Waals surface area contributed by atoms with Gasteiger partial charge in [0.25, 0.3) is 12.1 Å². The summed E-state index contributed by atoms with van der Waals surface area (Å²) in [6, 6.07) is 10.8. The van der Waals surface area contributed by atoms with Gasteiger partial charge < -0.3 is 19.6 Å². The third kappa shape index (κ3) is 5.24. The lowest BCUT2D eigenvalue weighted by atomic mass is 10.0. The molecule has 0 saturated carbocycles. The summed E-state index contributed by atoms with van der Waals surface area (Å²) in [6.07, 6.45) is 2.61. The summed E-state index contributed by atoms with van der Waals surface area (Å²) >= 11 is 0. The quantitative estimate of drug-likeness (QED) is 0.620. The third-order valence-corrected chi connectivity index (χ3v) is 6.56. The van der Waals surface area contributed by atoms with Crippen molar-refractivity contribution in [3.8, 4) is 11.5 Å². The molecule has 1 amide bonds. The number of hydrogen-bond acceptors (Lipinski definition) is 8. The second-order valence-corrected chi connectivity index (χ2v) is 8.80. The first kappa shape index (κ1) is 24.5. The lowest BCUT2D eigenvalue weighted by molar-refractivity contribution is -0.135. The van der Waals surface area contributed by atoms with E-state index in [1.165, 1.54) is 6.34 Å². The monoisotopic (exact) mass is 480 g/mol. The second kappa shape index (κ2) is 10.8. The van der Waals surface area contributed by atoms with Crippen LogP contribution < -0.4 is 19.7 Å². The Morgan fingerprint density at radius 2 is 1.74 bits per heavy atom. The van der Waals surface area contributed by atoms with Gasteiger partial charge in [0.05, 0.1) is 19.9 Å². The van der Waals surface area contributed by atoms with Crippen LogP contribution in [0.2, 0.25) is 0 Å². The zero-order valence-corrected chi connectivity index (χ0v) is 20.6. The average molecular weight is 481 g/mol. The molecule has 2 atom stereocenters. The van der Waals surface area contributed by atoms with Crippen LogP contribution >= 0.6 is 0 Å². The van der Waals surface area contributed by atoms with Crippen molar-refractivity contribution < 1.29 is 23.9 Å². The van der Waals surface area contributed by atoms with Crippen LogP contribution in [0.4, 0.5) is 5.69 Å². The number of rotatable bonds is 8. The van der Waals surface area contributed by atoms with Crippen LogP contribution in [-0.4, -0.2) is 62.6 Å². The Kier molecular flexibility index (Phi) is 7.55. The molecule has 1 fully saturated rings. The molecule has 2 unspecified atom stereocenters. The number of hydrogen-bond donors (Lipinski definition) is 1. The largest absolute Gasteiger partial charge is 0.493 e. The van der Waals surface area contributed by atoms with Gasteiger partial charge in [-0.1, -0.05) is 17.6 Å². The molecule has 186 valence electrons. The lowest BCUT2D eigenvalue weighted by Gasteiger charge is -2.35. The van der Waals surface area contributed by atoms with E-state index in [4.69, 9.17) is 14.3 Å². The average Bonchev–Trinajstić information content (AvgIpc) is 3.38. The molecule has 1 N–H and O–H groups in total. The SMILES string of the molecule is COc1ccc(N2C=NOC2C(=O)C(NC(=O)c2ccc(C)c(C)c2)N2CCCCC2)cc1OC. The van der Waals surface area contributed by atoms with Gasteiger partial charge >= 0.3 is 0 Å². The third-order valence-electron chi connectivity index (χ3n) is 6.56. The first-order valence-electron chi connectivity index (χ1n) is 11.8. The Hall–Kier alpha value is -3.59. The minimum Gasteiger partial charge on any atom is -0.493 e. The van der Waals surface area contributed by atoms with Crippen molar-refractivity contribution in [2.45, 2.75) is 45.5 Å². The summed E-state index contributed by atoms with van der Waals surface area (Å²) < 4.78 is 10.7. The standard InChI is InChI=1S/C26H32N4O5/c1-17-8-9-19(14-18(17)2)25(32)28-24(29-12-6-5-7-13-29)23(31)26-30(16-27-35-26)20-10-11-21(33-3)22(15-20)34-4/h8-11,14-16,24,26H,5-7,12-13H2,1-4H3,(H,28,32). The number of carbonyl (C=O) groups excluding carboxylic acids is 2. The highest BCUT2D eigenvalue weighted by atomic mass is 16.7. The van der Waals surface area contributed by atoms with Crippen LogP contribution in [0.3, 0.4) is 0 Å². The van der Waals surface area contributed by atoms with E-state index in [-0.39, 0.29) is 11.7 Å². The molecule has 0 radical (unpaired) electrons. The zero-order valence-electron chi connectivity index (χ0n) is 20.6. The van der Waals surface area contributed by atoms with Crippen molar-refractivity contribution in [3.05, 3.63) is 53.1 Å². The number of Topliss-reactive ketones (excluding diaryl/α,β-unsaturated/α-hetero) is 1. The second-order valence-electron chi connectivity index (χ2n) is 8.80. The minimum atomic E-state index is -1.03. The van der Waals surface area contributed by atoms with Crippen LogP contribution in [0.5, 0.6) is 11.5 Å². The summed E-state index contributed by atoms with van der Waals surface area (Å²) in [4.78, 5) is 36.2. The molecule has 1 saturated heterocycles. The van der Waals surface area contributed by atoms with Crippen molar-refractivity contribution in [1.82, 2.24) is 10.2 Å². The van der Waals surface area contributed by atoms with E-state index in [9.17, 15) is 9.59 Å². The lowest BCUT2D eigenvalue weighted by Crippen LogP contribution is -2.59. The molecule has 2 aliphatic rings. The number of anilines is 1. The van der Waals surface area contributed by atoms with E-state index in [0.717, 1.165) is 30.4 Å². The van der Waals surface area contributed by atoms with Gasteiger partial charge in [-0.25, -0.2) is 0 Å². The number of nitrogens with one attached hydrogen (secondary N) is 1. The molecule has 9 nitrogen and oxygen atoms in total. The van der Waals surface area contributed by atoms with Crippen molar-refractivity contribution in [2.75, 3.05) is 32.2 Å². The Labute approximate surface area is 205 Å². The number of oxime groups is 1. The molecule has 9 heteroatoms. The molecule has 2 aliphatic heterocycles. The summed E-state index contributed by atoms with van der Waals surface area (Å²) in [5.41, 5.74) is 3.29. The van der Waals surface area contributed by atoms with E-state index < -0.39 is 12.4 Å². The number of nitrogens with zero attached hydrogens (tertiary/aromatic N) is 3. The summed E-state index contributed by atoms with van der Waals surface area (Å²) in [5.74, 6) is 0.500. The number of benzene rings is 2. The van der Waals surface area contributed by atoms with E-state index in [1.54, 1.807) is 43.4 Å². The van der Waals surface area contributed by atoms with Crippen molar-refractivity contribution in [3.63, 3.8) is 0 Å². The number of ketones is 1. The molecule has 2 heterocycles. The normalized spacial score (nSPS) is 18.6. The maximum atomic E-state index is 13.8. The van der Waals surface area contributed by atoms with Gasteiger partial charge in [0.15, 0.2) is 11.5 Å². The van der Waals surface area contributed by atoms with Gasteiger partial charge in [0.2, 0.25) is 5.78 Å². The molecule has 0 aromatic heterocycles. The Balaban J connectivity index is 1.59. The van der Waals surface area contributed by atoms with Gasteiger partial charge in [-0.3, -0.25) is 19.4 Å². The van der Waals surface area contributed by atoms with E-state index in [0.29, 0.717) is 35.8 Å². The molecular formula is C26H32N4O5. The fraction of sp³-hybridized carbons (Fsp3) is 0.423. The Morgan fingerprint density at radius 1 is 1.00 bits per heavy atom. The molecule has 2 aromatic rings. The van der Waals surface area contributed by atoms with Gasteiger partial charge in [0.1, 0.15) is 12.5 Å². The number of methoxy groups -OCH3 is 2. The molecule has 0 aliphatic carbocycles. The molecule has 0 bridgehead atoms. The minimum absolute atomic E-state index is 0.295. The van der Waals surface area contributed by atoms with Crippen molar-refractivity contribution >= 4 is 23.7 Å². The topological polar surface area (TPSA) is 92.7 Å². The summed E-state index contributed by atoms with van der Waals surface area (Å²) in [6.45, 7) is 5.39. The fourth-order valence-corrected chi connectivity index (χ4v) is 4.37. The molecule has 0 spiro atoms. The fourth-order valence-electron chi connectivity index (χ4n) is 4.37. The van der Waals surface area contributed by atoms with E-state index in [1.807, 2.05) is 30.9 Å². The van der Waals surface area contributed by atoms with Gasteiger partial charge in [-0.05, 0) is 62.1 Å². The highest BCUT2D eigenvalue weighted by molar-refractivity contribution is 6.02. The maximum Gasteiger partial charge on any atom is 0.267 e. The molecule has 4 rings (SSSR count). The summed E-state index contributed by atoms with van der Waals surface area (Å²) in [5, 5.41) is 6.87. The first-order valence-corrected chi connectivity index (χ1v) is 11.8. The van der Waals surface area contributed by atoms with Crippen LogP contribution in [0, 0.1) is 13.8 Å². The van der Waals surface area contributed by atoms with Gasteiger partial charge in [0, 0.05) is 24.7 Å². The zero-order chi connectivity index (χ0) is 24.9. The number of ether oxygens (including phenoxy) is 2. The van der Waals surface area contributed by atoms with Crippen LogP contribution in [0.25, 0.3) is 0 Å². The van der Waals surface area contributed by atoms with Crippen LogP contribution in [-0.2, 0) is 9.63 Å². The van der Waals surface area contributed by atoms with Crippen LogP contribution in [0.1, 0.15) is 40.7 Å². The first-order chi connectivity index (χ1) is 16.9. The summed E-state index contributed by atoms with van der Waals surface area (Å²) in [7, 11) is 3.11. The molecule has 35 heavy (non-hydrogen) atoms. The number of aryl methyl sites for hydroxylation is 2. The number of amides is 1. The predicted molar refractivity (Wildman–Crippen MR) is 133 cm³/mol. The van der Waals surface area contributed by atoms with E-state index >= 15 is 0 Å². The number of carbonyl (C=O) groups is 2. The van der Waals surface area contributed by atoms with Crippen molar-refractivity contribution in [1.29, 1.82) is 0 Å². The highest BCUT2D eigenvalue weighted by Crippen LogP contribution is 2.33. The molecular weight excluding hydrogens is 448 g/mol. The smallest absolute Gasteiger partial charge is 0.267 e. The number of piperidine rings is 1. The molecule has 2 aromatic carbocycles. The van der Waals surface area contributed by atoms with Crippen LogP contribution in [0.15, 0.2) is 41.6 Å². The Morgan fingerprint density at radius 3 is 2.43 bits per heavy atom. The van der Waals surface area contributed by atoms with Gasteiger partial charge in [-0.2, -0.15) is 0 Å². The van der Waals surface area contributed by atoms with Gasteiger partial charge in [-0.15, -0.1) is 0 Å².